The van der Waals surface area contributed by atoms with Crippen molar-refractivity contribution in [2.24, 2.45) is 0 Å². The number of nitrogens with zero attached hydrogens (tertiary/aromatic N) is 4. The van der Waals surface area contributed by atoms with Crippen LogP contribution in [-0.4, -0.2) is 68.3 Å². The van der Waals surface area contributed by atoms with Crippen molar-refractivity contribution >= 4 is 55.0 Å². The Morgan fingerprint density at radius 3 is 2.49 bits per heavy atom. The number of benzene rings is 2. The van der Waals surface area contributed by atoms with E-state index in [0.29, 0.717) is 30.3 Å². The maximum absolute atomic E-state index is 13.5. The number of rotatable bonds is 7. The molecule has 7 nitrogen and oxygen atoms in total. The number of carbonyl (C=O) groups excluding carboxylic acids is 1. The monoisotopic (exact) mass is 536 g/mol. The van der Waals surface area contributed by atoms with E-state index in [1.54, 1.807) is 33.5 Å². The highest BCUT2D eigenvalue weighted by atomic mass is 35.5. The average Bonchev–Trinajstić information content (AvgIpc) is 3.22. The Morgan fingerprint density at radius 1 is 1.11 bits per heavy atom. The fourth-order valence-electron chi connectivity index (χ4n) is 4.21. The van der Waals surface area contributed by atoms with E-state index in [2.05, 4.69) is 6.07 Å². The molecule has 1 aromatic heterocycles. The third-order valence-corrected chi connectivity index (χ3v) is 9.30. The van der Waals surface area contributed by atoms with Gasteiger partial charge in [-0.1, -0.05) is 23.8 Å². The maximum Gasteiger partial charge on any atom is 0.260 e. The third-order valence-electron chi connectivity index (χ3n) is 6.23. The minimum absolute atomic E-state index is 0. The van der Waals surface area contributed by atoms with E-state index in [0.717, 1.165) is 35.0 Å². The Labute approximate surface area is 218 Å². The number of halogens is 1. The molecule has 35 heavy (non-hydrogen) atoms. The van der Waals surface area contributed by atoms with Gasteiger partial charge in [-0.05, 0) is 82.7 Å². The summed E-state index contributed by atoms with van der Waals surface area (Å²) >= 11 is 1.49. The first-order chi connectivity index (χ1) is 16.2. The fourth-order valence-corrected chi connectivity index (χ4v) is 7.00. The molecule has 1 aliphatic rings. The predicted octanol–water partition coefficient (Wildman–Crippen LogP) is 4.80. The minimum atomic E-state index is -3.58. The summed E-state index contributed by atoms with van der Waals surface area (Å²) in [6, 6.07) is 12.4. The van der Waals surface area contributed by atoms with Crippen molar-refractivity contribution in [2.75, 3.05) is 38.6 Å². The summed E-state index contributed by atoms with van der Waals surface area (Å²) in [5.41, 5.74) is 2.46. The number of carbonyl (C=O) groups is 1. The topological polar surface area (TPSA) is 73.8 Å². The first kappa shape index (κ1) is 27.5. The van der Waals surface area contributed by atoms with Crippen LogP contribution in [0.2, 0.25) is 0 Å². The molecule has 1 amide bonds. The van der Waals surface area contributed by atoms with Crippen molar-refractivity contribution in [1.29, 1.82) is 0 Å². The van der Waals surface area contributed by atoms with Crippen LogP contribution >= 0.6 is 23.7 Å². The molecule has 190 valence electrons. The molecule has 1 unspecified atom stereocenters. The van der Waals surface area contributed by atoms with Crippen molar-refractivity contribution in [3.05, 3.63) is 53.6 Å². The van der Waals surface area contributed by atoms with E-state index in [1.807, 2.05) is 45.0 Å². The first-order valence-corrected chi connectivity index (χ1v) is 13.9. The largest absolute Gasteiger partial charge is 0.308 e. The van der Waals surface area contributed by atoms with Crippen LogP contribution < -0.4 is 4.90 Å². The Morgan fingerprint density at radius 2 is 1.83 bits per heavy atom. The molecule has 0 aliphatic carbocycles. The molecule has 3 aromatic rings. The average molecular weight is 537 g/mol. The summed E-state index contributed by atoms with van der Waals surface area (Å²) in [5, 5.41) is 0.645. The Kier molecular flexibility index (Phi) is 8.93. The molecule has 2 heterocycles. The number of anilines is 1. The van der Waals surface area contributed by atoms with Gasteiger partial charge in [0.1, 0.15) is 0 Å². The molecule has 10 heteroatoms. The molecule has 0 N–H and O–H groups in total. The zero-order valence-electron chi connectivity index (χ0n) is 20.6. The smallest absolute Gasteiger partial charge is 0.260 e. The van der Waals surface area contributed by atoms with Crippen molar-refractivity contribution < 1.29 is 13.2 Å². The van der Waals surface area contributed by atoms with Crippen molar-refractivity contribution in [3.8, 4) is 0 Å². The Bertz CT molecular complexity index is 1280. The van der Waals surface area contributed by atoms with Crippen LogP contribution in [0.15, 0.2) is 47.4 Å². The maximum atomic E-state index is 13.5. The lowest BCUT2D eigenvalue weighted by molar-refractivity contribution is 0.0985. The number of likely N-dealkylation sites (N-methyl/N-ethyl adjacent to an activating group) is 1. The quantitative estimate of drug-likeness (QED) is 0.434. The molecule has 1 saturated heterocycles. The Hall–Kier alpha value is -2.04. The molecule has 1 fully saturated rings. The van der Waals surface area contributed by atoms with E-state index in [1.165, 1.54) is 11.3 Å². The summed E-state index contributed by atoms with van der Waals surface area (Å²) in [4.78, 5) is 22.2. The number of aromatic nitrogens is 1. The van der Waals surface area contributed by atoms with Crippen molar-refractivity contribution in [2.45, 2.75) is 44.0 Å². The van der Waals surface area contributed by atoms with Gasteiger partial charge in [0.25, 0.3) is 5.91 Å². The molecule has 0 spiro atoms. The van der Waals surface area contributed by atoms with Gasteiger partial charge in [0.2, 0.25) is 10.0 Å². The zero-order valence-corrected chi connectivity index (χ0v) is 23.0. The van der Waals surface area contributed by atoms with Crippen LogP contribution in [0.3, 0.4) is 0 Å². The normalized spacial score (nSPS) is 16.9. The number of fused-ring (bicyclic) bond motifs is 1. The van der Waals surface area contributed by atoms with Gasteiger partial charge in [-0.3, -0.25) is 9.69 Å². The van der Waals surface area contributed by atoms with Gasteiger partial charge in [-0.25, -0.2) is 13.4 Å². The summed E-state index contributed by atoms with van der Waals surface area (Å²) < 4.78 is 28.9. The highest BCUT2D eigenvalue weighted by Crippen LogP contribution is 2.31. The van der Waals surface area contributed by atoms with E-state index >= 15 is 0 Å². The van der Waals surface area contributed by atoms with Gasteiger partial charge in [-0.15, -0.1) is 12.4 Å². The van der Waals surface area contributed by atoms with Gasteiger partial charge in [0.05, 0.1) is 15.1 Å². The Balaban J connectivity index is 0.00000342. The van der Waals surface area contributed by atoms with Gasteiger partial charge in [0, 0.05) is 31.2 Å². The summed E-state index contributed by atoms with van der Waals surface area (Å²) in [6.45, 7) is 5.69. The molecule has 0 radical (unpaired) electrons. The van der Waals surface area contributed by atoms with Crippen LogP contribution in [0.1, 0.15) is 42.1 Å². The number of piperidine rings is 1. The standard InChI is InChI=1S/C25H32N4O3S2.ClH/c1-18-8-13-22-23(17-18)33-25(26-22)28(16-15-27(3)4)24(30)20-9-11-21(12-10-20)34(31,32)29-14-6-5-7-19(29)2;/h8-13,17,19H,5-7,14-16H2,1-4H3;1H. The molecule has 0 saturated carbocycles. The van der Waals surface area contributed by atoms with Crippen LogP contribution in [0.4, 0.5) is 5.13 Å². The summed E-state index contributed by atoms with van der Waals surface area (Å²) in [7, 11) is 0.350. The van der Waals surface area contributed by atoms with Crippen molar-refractivity contribution in [3.63, 3.8) is 0 Å². The van der Waals surface area contributed by atoms with Gasteiger partial charge >= 0.3 is 0 Å². The SMILES string of the molecule is Cc1ccc2nc(N(CCN(C)C)C(=O)c3ccc(S(=O)(=O)N4CCCCC4C)cc3)sc2c1.Cl. The van der Waals surface area contributed by atoms with E-state index in [4.69, 9.17) is 4.98 Å². The molecule has 1 aliphatic heterocycles. The number of hydrogen-bond donors (Lipinski definition) is 0. The second-order valence-corrected chi connectivity index (χ2v) is 12.1. The minimum Gasteiger partial charge on any atom is -0.308 e. The second kappa shape index (κ2) is 11.3. The van der Waals surface area contributed by atoms with Gasteiger partial charge < -0.3 is 4.90 Å². The van der Waals surface area contributed by atoms with Gasteiger partial charge in [-0.2, -0.15) is 4.31 Å². The lowest BCUT2D eigenvalue weighted by Gasteiger charge is -2.32. The van der Waals surface area contributed by atoms with Crippen LogP contribution in [0, 0.1) is 6.92 Å². The molecule has 4 rings (SSSR count). The molecular weight excluding hydrogens is 504 g/mol. The molecule has 1 atom stereocenters. The number of hydrogen-bond acceptors (Lipinski definition) is 6. The molecule has 2 aromatic carbocycles. The number of thiazole rings is 1. The number of amides is 1. The van der Waals surface area contributed by atoms with E-state index < -0.39 is 10.0 Å². The third kappa shape index (κ3) is 6.03. The fraction of sp³-hybridized carbons (Fsp3) is 0.440. The lowest BCUT2D eigenvalue weighted by Crippen LogP contribution is -2.41. The zero-order chi connectivity index (χ0) is 24.5. The van der Waals surface area contributed by atoms with Crippen LogP contribution in [0.25, 0.3) is 10.2 Å². The highest BCUT2D eigenvalue weighted by molar-refractivity contribution is 7.89. The van der Waals surface area contributed by atoms with Gasteiger partial charge in [0.15, 0.2) is 5.13 Å². The number of aryl methyl sites for hydroxylation is 1. The van der Waals surface area contributed by atoms with Crippen LogP contribution in [0.5, 0.6) is 0 Å². The lowest BCUT2D eigenvalue weighted by atomic mass is 10.1. The summed E-state index contributed by atoms with van der Waals surface area (Å²) in [5.74, 6) is -0.187. The highest BCUT2D eigenvalue weighted by Gasteiger charge is 2.31. The predicted molar refractivity (Wildman–Crippen MR) is 145 cm³/mol. The number of sulfonamides is 1. The molecule has 0 bridgehead atoms. The second-order valence-electron chi connectivity index (χ2n) is 9.21. The van der Waals surface area contributed by atoms with Crippen molar-refractivity contribution in [1.82, 2.24) is 14.2 Å². The van der Waals surface area contributed by atoms with E-state index in [-0.39, 0.29) is 29.3 Å². The molecular formula is C25H33ClN4O3S2. The van der Waals surface area contributed by atoms with Crippen LogP contribution in [-0.2, 0) is 10.0 Å². The first-order valence-electron chi connectivity index (χ1n) is 11.6. The summed E-state index contributed by atoms with van der Waals surface area (Å²) in [6.07, 6.45) is 2.80. The van der Waals surface area contributed by atoms with E-state index in [9.17, 15) is 13.2 Å².